The van der Waals surface area contributed by atoms with Gasteiger partial charge in [-0.2, -0.15) is 0 Å². The molecule has 1 aliphatic rings. The van der Waals surface area contributed by atoms with Crippen LogP contribution in [0, 0.1) is 11.3 Å². The monoisotopic (exact) mass is 260 g/mol. The number of benzene rings is 1. The Balaban J connectivity index is 2.13. The third kappa shape index (κ3) is 3.20. The minimum atomic E-state index is -0.590. The van der Waals surface area contributed by atoms with Crippen molar-refractivity contribution in [2.75, 3.05) is 0 Å². The van der Waals surface area contributed by atoms with Crippen LogP contribution in [0.15, 0.2) is 24.3 Å². The Kier molecular flexibility index (Phi) is 4.06. The summed E-state index contributed by atoms with van der Waals surface area (Å²) in [6.45, 7) is 9.12. The van der Waals surface area contributed by atoms with Crippen LogP contribution in [-0.2, 0) is 12.0 Å². The zero-order valence-corrected chi connectivity index (χ0v) is 12.9. The van der Waals surface area contributed by atoms with Gasteiger partial charge in [-0.25, -0.2) is 0 Å². The molecule has 106 valence electrons. The van der Waals surface area contributed by atoms with Crippen LogP contribution in [0.4, 0.5) is 0 Å². The van der Waals surface area contributed by atoms with E-state index in [-0.39, 0.29) is 0 Å². The lowest BCUT2D eigenvalue weighted by Crippen LogP contribution is -2.35. The third-order valence-corrected chi connectivity index (χ3v) is 4.91. The summed E-state index contributed by atoms with van der Waals surface area (Å²) < 4.78 is 0. The molecule has 1 saturated carbocycles. The van der Waals surface area contributed by atoms with E-state index in [1.54, 1.807) is 0 Å². The molecule has 0 radical (unpaired) electrons. The van der Waals surface area contributed by atoms with Crippen molar-refractivity contribution in [3.05, 3.63) is 35.4 Å². The Morgan fingerprint density at radius 1 is 1.21 bits per heavy atom. The van der Waals surface area contributed by atoms with Crippen molar-refractivity contribution in [3.63, 3.8) is 0 Å². The van der Waals surface area contributed by atoms with Crippen LogP contribution in [0.1, 0.15) is 64.5 Å². The van der Waals surface area contributed by atoms with Gasteiger partial charge >= 0.3 is 0 Å². The molecular weight excluding hydrogens is 232 g/mol. The first-order valence-electron chi connectivity index (χ1n) is 7.67. The standard InChI is InChI=1S/C18H28O/c1-5-14-7-6-8-16(13-14)18(19)11-9-15(10-12-18)17(2,3)4/h6-8,13,15,19H,5,9-12H2,1-4H3. The molecule has 0 unspecified atom stereocenters. The van der Waals surface area contributed by atoms with Crippen molar-refractivity contribution >= 4 is 0 Å². The lowest BCUT2D eigenvalue weighted by molar-refractivity contribution is -0.0298. The summed E-state index contributed by atoms with van der Waals surface area (Å²) >= 11 is 0. The number of aliphatic hydroxyl groups is 1. The van der Waals surface area contributed by atoms with E-state index in [0.717, 1.165) is 43.6 Å². The Morgan fingerprint density at radius 2 is 1.84 bits per heavy atom. The largest absolute Gasteiger partial charge is 0.385 e. The average molecular weight is 260 g/mol. The molecule has 2 rings (SSSR count). The number of hydrogen-bond acceptors (Lipinski definition) is 1. The molecule has 0 bridgehead atoms. The van der Waals surface area contributed by atoms with Crippen LogP contribution in [0.3, 0.4) is 0 Å². The normalized spacial score (nSPS) is 28.4. The molecule has 1 N–H and O–H groups in total. The molecule has 0 saturated heterocycles. The molecule has 1 fully saturated rings. The van der Waals surface area contributed by atoms with Crippen molar-refractivity contribution in [1.82, 2.24) is 0 Å². The van der Waals surface area contributed by atoms with Crippen molar-refractivity contribution < 1.29 is 5.11 Å². The summed E-state index contributed by atoms with van der Waals surface area (Å²) in [5, 5.41) is 10.9. The lowest BCUT2D eigenvalue weighted by atomic mass is 9.67. The van der Waals surface area contributed by atoms with Gasteiger partial charge in [0.05, 0.1) is 5.60 Å². The lowest BCUT2D eigenvalue weighted by Gasteiger charge is -2.41. The fourth-order valence-electron chi connectivity index (χ4n) is 3.33. The van der Waals surface area contributed by atoms with Gasteiger partial charge in [0, 0.05) is 0 Å². The van der Waals surface area contributed by atoms with Gasteiger partial charge in [-0.15, -0.1) is 0 Å². The molecule has 19 heavy (non-hydrogen) atoms. The van der Waals surface area contributed by atoms with E-state index in [0.29, 0.717) is 5.41 Å². The molecule has 1 heteroatoms. The molecule has 0 heterocycles. The number of rotatable bonds is 2. The maximum absolute atomic E-state index is 10.9. The number of hydrogen-bond donors (Lipinski definition) is 1. The van der Waals surface area contributed by atoms with Crippen LogP contribution in [0.2, 0.25) is 0 Å². The second kappa shape index (κ2) is 5.28. The highest BCUT2D eigenvalue weighted by molar-refractivity contribution is 5.28. The molecule has 0 aromatic heterocycles. The second-order valence-electron chi connectivity index (χ2n) is 7.23. The maximum Gasteiger partial charge on any atom is 0.0896 e. The first-order valence-corrected chi connectivity index (χ1v) is 7.67. The van der Waals surface area contributed by atoms with Gasteiger partial charge in [-0.05, 0) is 54.6 Å². The van der Waals surface area contributed by atoms with Gasteiger partial charge in [-0.1, -0.05) is 52.0 Å². The van der Waals surface area contributed by atoms with E-state index in [9.17, 15) is 5.11 Å². The summed E-state index contributed by atoms with van der Waals surface area (Å²) in [6, 6.07) is 8.52. The van der Waals surface area contributed by atoms with Gasteiger partial charge in [-0.3, -0.25) is 0 Å². The summed E-state index contributed by atoms with van der Waals surface area (Å²) in [7, 11) is 0. The van der Waals surface area contributed by atoms with Crippen molar-refractivity contribution in [2.24, 2.45) is 11.3 Å². The third-order valence-electron chi connectivity index (χ3n) is 4.91. The summed E-state index contributed by atoms with van der Waals surface area (Å²) in [5.74, 6) is 0.738. The summed E-state index contributed by atoms with van der Waals surface area (Å²) in [4.78, 5) is 0. The highest BCUT2D eigenvalue weighted by atomic mass is 16.3. The van der Waals surface area contributed by atoms with Gasteiger partial charge in [0.15, 0.2) is 0 Å². The van der Waals surface area contributed by atoms with Crippen LogP contribution < -0.4 is 0 Å². The van der Waals surface area contributed by atoms with E-state index < -0.39 is 5.60 Å². The van der Waals surface area contributed by atoms with Crippen molar-refractivity contribution in [3.8, 4) is 0 Å². The topological polar surface area (TPSA) is 20.2 Å². The Bertz CT molecular complexity index is 420. The van der Waals surface area contributed by atoms with Crippen LogP contribution in [-0.4, -0.2) is 5.11 Å². The maximum atomic E-state index is 10.9. The fraction of sp³-hybridized carbons (Fsp3) is 0.667. The van der Waals surface area contributed by atoms with Crippen LogP contribution in [0.25, 0.3) is 0 Å². The highest BCUT2D eigenvalue weighted by Gasteiger charge is 2.38. The van der Waals surface area contributed by atoms with Gasteiger partial charge in [0.2, 0.25) is 0 Å². The molecule has 0 spiro atoms. The first kappa shape index (κ1) is 14.6. The van der Waals surface area contributed by atoms with Crippen LogP contribution in [0.5, 0.6) is 0 Å². The first-order chi connectivity index (χ1) is 8.85. The van der Waals surface area contributed by atoms with Crippen molar-refractivity contribution in [2.45, 2.75) is 65.4 Å². The summed E-state index contributed by atoms with van der Waals surface area (Å²) in [6.07, 6.45) is 5.12. The SMILES string of the molecule is CCc1cccc(C2(O)CCC(C(C)(C)C)CC2)c1. The van der Waals surface area contributed by atoms with E-state index in [4.69, 9.17) is 0 Å². The van der Waals surface area contributed by atoms with E-state index in [2.05, 4.69) is 52.0 Å². The molecule has 1 nitrogen and oxygen atoms in total. The molecule has 0 atom stereocenters. The minimum absolute atomic E-state index is 0.368. The average Bonchev–Trinajstić information content (AvgIpc) is 2.38. The number of aryl methyl sites for hydroxylation is 1. The minimum Gasteiger partial charge on any atom is -0.385 e. The molecule has 1 aliphatic carbocycles. The van der Waals surface area contributed by atoms with Crippen molar-refractivity contribution in [1.29, 1.82) is 0 Å². The van der Waals surface area contributed by atoms with E-state index >= 15 is 0 Å². The predicted octanol–water partition coefficient (Wildman–Crippen LogP) is 4.67. The molecule has 1 aromatic carbocycles. The van der Waals surface area contributed by atoms with E-state index in [1.807, 2.05) is 0 Å². The van der Waals surface area contributed by atoms with E-state index in [1.165, 1.54) is 5.56 Å². The summed E-state index contributed by atoms with van der Waals surface area (Å²) in [5.41, 5.74) is 2.22. The smallest absolute Gasteiger partial charge is 0.0896 e. The molecular formula is C18H28O. The Morgan fingerprint density at radius 3 is 2.37 bits per heavy atom. The zero-order chi connectivity index (χ0) is 14.1. The van der Waals surface area contributed by atoms with Gasteiger partial charge in [0.1, 0.15) is 0 Å². The molecule has 0 amide bonds. The van der Waals surface area contributed by atoms with Crippen LogP contribution >= 0.6 is 0 Å². The van der Waals surface area contributed by atoms with Gasteiger partial charge < -0.3 is 5.11 Å². The Hall–Kier alpha value is -0.820. The Labute approximate surface area is 118 Å². The predicted molar refractivity (Wildman–Crippen MR) is 81.1 cm³/mol. The zero-order valence-electron chi connectivity index (χ0n) is 12.9. The molecule has 1 aromatic rings. The quantitative estimate of drug-likeness (QED) is 0.819. The van der Waals surface area contributed by atoms with Gasteiger partial charge in [0.25, 0.3) is 0 Å². The fourth-order valence-corrected chi connectivity index (χ4v) is 3.33. The highest BCUT2D eigenvalue weighted by Crippen LogP contribution is 2.45. The second-order valence-corrected chi connectivity index (χ2v) is 7.23. The molecule has 0 aliphatic heterocycles.